The molecule has 0 aliphatic rings. The molecule has 0 aliphatic heterocycles. The van der Waals surface area contributed by atoms with Gasteiger partial charge in [0.1, 0.15) is 0 Å². The molecule has 0 radical (unpaired) electrons. The van der Waals surface area contributed by atoms with Crippen LogP contribution in [0.1, 0.15) is 31.9 Å². The molecule has 84 valence electrons. The molecule has 0 aromatic heterocycles. The van der Waals surface area contributed by atoms with Gasteiger partial charge in [0.15, 0.2) is 11.5 Å². The summed E-state index contributed by atoms with van der Waals surface area (Å²) in [5, 5.41) is 0. The number of nitrogens with two attached hydrogens (primary N) is 1. The highest BCUT2D eigenvalue weighted by atomic mass is 16.5. The second-order valence-electron chi connectivity index (χ2n) is 3.36. The number of rotatable bonds is 5. The lowest BCUT2D eigenvalue weighted by atomic mass is 10.1. The third kappa shape index (κ3) is 2.86. The lowest BCUT2D eigenvalue weighted by Crippen LogP contribution is -2.09. The van der Waals surface area contributed by atoms with Crippen LogP contribution in [0.15, 0.2) is 18.2 Å². The van der Waals surface area contributed by atoms with Gasteiger partial charge in [0.05, 0.1) is 13.7 Å². The van der Waals surface area contributed by atoms with E-state index in [1.807, 2.05) is 25.1 Å². The van der Waals surface area contributed by atoms with Gasteiger partial charge in [0, 0.05) is 6.04 Å². The molecule has 1 aromatic carbocycles. The first-order valence-corrected chi connectivity index (χ1v) is 5.29. The van der Waals surface area contributed by atoms with Crippen molar-refractivity contribution < 1.29 is 9.47 Å². The molecule has 0 saturated carbocycles. The first kappa shape index (κ1) is 11.9. The maximum Gasteiger partial charge on any atom is 0.161 e. The van der Waals surface area contributed by atoms with E-state index < -0.39 is 0 Å². The third-order valence-electron chi connectivity index (χ3n) is 2.36. The molecule has 1 aromatic rings. The van der Waals surface area contributed by atoms with Gasteiger partial charge >= 0.3 is 0 Å². The van der Waals surface area contributed by atoms with Crippen molar-refractivity contribution in [2.45, 2.75) is 26.3 Å². The zero-order valence-electron chi connectivity index (χ0n) is 9.62. The maximum atomic E-state index is 5.95. The molecule has 1 unspecified atom stereocenters. The Morgan fingerprint density at radius 2 is 2.00 bits per heavy atom. The second-order valence-corrected chi connectivity index (χ2v) is 3.36. The molecule has 0 saturated heterocycles. The maximum absolute atomic E-state index is 5.95. The van der Waals surface area contributed by atoms with Crippen LogP contribution in [0.4, 0.5) is 0 Å². The van der Waals surface area contributed by atoms with Crippen LogP contribution in [-0.4, -0.2) is 13.7 Å². The number of hydrogen-bond donors (Lipinski definition) is 1. The van der Waals surface area contributed by atoms with Crippen LogP contribution in [0.2, 0.25) is 0 Å². The SMILES string of the molecule is CCOc1cc(C(N)CC)ccc1OC. The summed E-state index contributed by atoms with van der Waals surface area (Å²) in [6.07, 6.45) is 0.915. The first-order valence-electron chi connectivity index (χ1n) is 5.29. The van der Waals surface area contributed by atoms with Gasteiger partial charge in [-0.2, -0.15) is 0 Å². The van der Waals surface area contributed by atoms with Gasteiger partial charge < -0.3 is 15.2 Å². The topological polar surface area (TPSA) is 44.5 Å². The van der Waals surface area contributed by atoms with Gasteiger partial charge in [-0.25, -0.2) is 0 Å². The average molecular weight is 209 g/mol. The van der Waals surface area contributed by atoms with Crippen molar-refractivity contribution in [1.29, 1.82) is 0 Å². The average Bonchev–Trinajstić information content (AvgIpc) is 2.28. The Morgan fingerprint density at radius 1 is 1.27 bits per heavy atom. The van der Waals surface area contributed by atoms with E-state index in [4.69, 9.17) is 15.2 Å². The van der Waals surface area contributed by atoms with E-state index in [2.05, 4.69) is 6.92 Å². The molecule has 1 rings (SSSR count). The van der Waals surface area contributed by atoms with E-state index in [0.29, 0.717) is 6.61 Å². The van der Waals surface area contributed by atoms with Crippen molar-refractivity contribution >= 4 is 0 Å². The summed E-state index contributed by atoms with van der Waals surface area (Å²) in [4.78, 5) is 0. The van der Waals surface area contributed by atoms with E-state index in [1.54, 1.807) is 7.11 Å². The van der Waals surface area contributed by atoms with Crippen LogP contribution in [-0.2, 0) is 0 Å². The molecule has 0 amide bonds. The number of hydrogen-bond acceptors (Lipinski definition) is 3. The summed E-state index contributed by atoms with van der Waals surface area (Å²) in [5.41, 5.74) is 7.04. The van der Waals surface area contributed by atoms with Crippen molar-refractivity contribution in [3.63, 3.8) is 0 Å². The van der Waals surface area contributed by atoms with Crippen molar-refractivity contribution in [3.05, 3.63) is 23.8 Å². The van der Waals surface area contributed by atoms with Crippen LogP contribution in [0.25, 0.3) is 0 Å². The molecule has 1 atom stereocenters. The Labute approximate surface area is 91.2 Å². The van der Waals surface area contributed by atoms with Crippen LogP contribution >= 0.6 is 0 Å². The Kier molecular flexibility index (Phi) is 4.43. The molecule has 0 spiro atoms. The summed E-state index contributed by atoms with van der Waals surface area (Å²) >= 11 is 0. The fraction of sp³-hybridized carbons (Fsp3) is 0.500. The molecule has 15 heavy (non-hydrogen) atoms. The molecule has 3 nitrogen and oxygen atoms in total. The van der Waals surface area contributed by atoms with Crippen molar-refractivity contribution in [3.8, 4) is 11.5 Å². The normalized spacial score (nSPS) is 12.3. The highest BCUT2D eigenvalue weighted by Gasteiger charge is 2.09. The Bertz CT molecular complexity index is 312. The summed E-state index contributed by atoms with van der Waals surface area (Å²) < 4.78 is 10.7. The lowest BCUT2D eigenvalue weighted by molar-refractivity contribution is 0.310. The van der Waals surface area contributed by atoms with E-state index >= 15 is 0 Å². The van der Waals surface area contributed by atoms with E-state index in [-0.39, 0.29) is 6.04 Å². The fourth-order valence-corrected chi connectivity index (χ4v) is 1.43. The summed E-state index contributed by atoms with van der Waals surface area (Å²) in [5.74, 6) is 1.52. The van der Waals surface area contributed by atoms with Gasteiger partial charge in [-0.3, -0.25) is 0 Å². The van der Waals surface area contributed by atoms with Crippen molar-refractivity contribution in [2.75, 3.05) is 13.7 Å². The monoisotopic (exact) mass is 209 g/mol. The van der Waals surface area contributed by atoms with Crippen LogP contribution < -0.4 is 15.2 Å². The molecular formula is C12H19NO2. The van der Waals surface area contributed by atoms with Crippen molar-refractivity contribution in [1.82, 2.24) is 0 Å². The minimum Gasteiger partial charge on any atom is -0.493 e. The van der Waals surface area contributed by atoms with E-state index in [1.165, 1.54) is 0 Å². The predicted octanol–water partition coefficient (Wildman–Crippen LogP) is 2.50. The Balaban J connectivity index is 2.98. The number of ether oxygens (including phenoxy) is 2. The summed E-state index contributed by atoms with van der Waals surface area (Å²) in [7, 11) is 1.64. The zero-order valence-corrected chi connectivity index (χ0v) is 9.62. The summed E-state index contributed by atoms with van der Waals surface area (Å²) in [6.45, 7) is 4.64. The molecule has 0 aliphatic carbocycles. The highest BCUT2D eigenvalue weighted by Crippen LogP contribution is 2.30. The minimum absolute atomic E-state index is 0.0649. The molecule has 0 bridgehead atoms. The van der Waals surface area contributed by atoms with Gasteiger partial charge in [0.2, 0.25) is 0 Å². The van der Waals surface area contributed by atoms with Crippen LogP contribution in [0.5, 0.6) is 11.5 Å². The van der Waals surface area contributed by atoms with Gasteiger partial charge in [0.25, 0.3) is 0 Å². The Morgan fingerprint density at radius 3 is 2.53 bits per heavy atom. The lowest BCUT2D eigenvalue weighted by Gasteiger charge is -2.14. The first-order chi connectivity index (χ1) is 7.22. The van der Waals surface area contributed by atoms with Gasteiger partial charge in [-0.05, 0) is 31.0 Å². The largest absolute Gasteiger partial charge is 0.493 e. The zero-order chi connectivity index (χ0) is 11.3. The standard InChI is InChI=1S/C12H19NO2/c1-4-10(13)9-6-7-11(14-3)12(8-9)15-5-2/h6-8,10H,4-5,13H2,1-3H3. The van der Waals surface area contributed by atoms with Crippen LogP contribution in [0, 0.1) is 0 Å². The molecular weight excluding hydrogens is 190 g/mol. The van der Waals surface area contributed by atoms with Gasteiger partial charge in [-0.15, -0.1) is 0 Å². The summed E-state index contributed by atoms with van der Waals surface area (Å²) in [6, 6.07) is 5.90. The second kappa shape index (κ2) is 5.61. The van der Waals surface area contributed by atoms with Gasteiger partial charge in [-0.1, -0.05) is 13.0 Å². The number of benzene rings is 1. The molecule has 0 heterocycles. The smallest absolute Gasteiger partial charge is 0.161 e. The Hall–Kier alpha value is -1.22. The molecule has 3 heteroatoms. The molecule has 2 N–H and O–H groups in total. The highest BCUT2D eigenvalue weighted by molar-refractivity contribution is 5.43. The minimum atomic E-state index is 0.0649. The van der Waals surface area contributed by atoms with E-state index in [0.717, 1.165) is 23.5 Å². The third-order valence-corrected chi connectivity index (χ3v) is 2.36. The predicted molar refractivity (Wildman–Crippen MR) is 61.4 cm³/mol. The fourth-order valence-electron chi connectivity index (χ4n) is 1.43. The molecule has 0 fully saturated rings. The van der Waals surface area contributed by atoms with Crippen LogP contribution in [0.3, 0.4) is 0 Å². The van der Waals surface area contributed by atoms with Crippen molar-refractivity contribution in [2.24, 2.45) is 5.73 Å². The quantitative estimate of drug-likeness (QED) is 0.810. The van der Waals surface area contributed by atoms with E-state index in [9.17, 15) is 0 Å². The number of methoxy groups -OCH3 is 1.